The normalized spacial score (nSPS) is 27.7. The van der Waals surface area contributed by atoms with Gasteiger partial charge in [-0.25, -0.2) is 4.99 Å². The maximum atomic E-state index is 14.2. The number of nitrogens with zero attached hydrogens (tertiary/aromatic N) is 1. The van der Waals surface area contributed by atoms with Crippen molar-refractivity contribution in [3.8, 4) is 5.75 Å². The molecular weight excluding hydrogens is 278 g/mol. The first kappa shape index (κ1) is 14.1. The summed E-state index contributed by atoms with van der Waals surface area (Å²) in [6.07, 6.45) is 2.34. The molecule has 0 saturated heterocycles. The third-order valence-corrected chi connectivity index (χ3v) is 4.01. The van der Waals surface area contributed by atoms with Crippen molar-refractivity contribution in [1.29, 1.82) is 0 Å². The molecule has 1 aromatic carbocycles. The van der Waals surface area contributed by atoms with Crippen LogP contribution in [0.5, 0.6) is 5.75 Å². The van der Waals surface area contributed by atoms with Gasteiger partial charge in [-0.1, -0.05) is 12.1 Å². The van der Waals surface area contributed by atoms with Gasteiger partial charge in [-0.15, -0.1) is 0 Å². The third kappa shape index (κ3) is 2.66. The Morgan fingerprint density at radius 1 is 1.43 bits per heavy atom. The number of ether oxygens (including phenoxy) is 2. The molecular formula is C15H18F2N2O2. The molecule has 21 heavy (non-hydrogen) atoms. The van der Waals surface area contributed by atoms with E-state index in [1.54, 1.807) is 24.3 Å². The molecule has 1 saturated carbocycles. The molecule has 1 aromatic rings. The fraction of sp³-hybridized carbons (Fsp3) is 0.533. The molecule has 114 valence electrons. The SMILES string of the molecule is C[C@]1(c2cccc(OCC3CC3)c2)OC(N)=NCC1(F)F. The Labute approximate surface area is 121 Å². The van der Waals surface area contributed by atoms with E-state index in [9.17, 15) is 8.78 Å². The molecule has 1 aliphatic carbocycles. The van der Waals surface area contributed by atoms with Gasteiger partial charge in [0.15, 0.2) is 5.60 Å². The Kier molecular flexibility index (Phi) is 3.26. The van der Waals surface area contributed by atoms with E-state index in [2.05, 4.69) is 4.99 Å². The summed E-state index contributed by atoms with van der Waals surface area (Å²) in [5.74, 6) is -1.97. The van der Waals surface area contributed by atoms with Gasteiger partial charge in [-0.05, 0) is 37.8 Å². The van der Waals surface area contributed by atoms with Crippen LogP contribution in [0.4, 0.5) is 8.78 Å². The van der Waals surface area contributed by atoms with Crippen LogP contribution >= 0.6 is 0 Å². The number of benzene rings is 1. The van der Waals surface area contributed by atoms with Gasteiger partial charge in [0.25, 0.3) is 6.02 Å². The number of aliphatic imine (C=N–C) groups is 1. The van der Waals surface area contributed by atoms with Crippen LogP contribution in [-0.4, -0.2) is 25.1 Å². The lowest BCUT2D eigenvalue weighted by atomic mass is 9.88. The van der Waals surface area contributed by atoms with Crippen LogP contribution in [0.15, 0.2) is 29.3 Å². The van der Waals surface area contributed by atoms with Crippen molar-refractivity contribution in [2.45, 2.75) is 31.3 Å². The van der Waals surface area contributed by atoms with Crippen LogP contribution in [0, 0.1) is 5.92 Å². The number of nitrogens with two attached hydrogens (primary N) is 1. The standard InChI is InChI=1S/C15H18F2N2O2/c1-14(15(16,17)9-19-13(18)21-14)11-3-2-4-12(7-11)20-8-10-5-6-10/h2-4,7,10H,5-6,8-9H2,1H3,(H2,18,19)/t14-/m1/s1. The molecule has 0 spiro atoms. The first-order valence-corrected chi connectivity index (χ1v) is 7.01. The molecule has 1 atom stereocenters. The highest BCUT2D eigenvalue weighted by molar-refractivity contribution is 5.73. The van der Waals surface area contributed by atoms with E-state index >= 15 is 0 Å². The number of hydrogen-bond donors (Lipinski definition) is 1. The summed E-state index contributed by atoms with van der Waals surface area (Å²) in [6.45, 7) is 1.28. The van der Waals surface area contributed by atoms with Gasteiger partial charge in [0.1, 0.15) is 12.3 Å². The summed E-state index contributed by atoms with van der Waals surface area (Å²) in [7, 11) is 0. The maximum absolute atomic E-state index is 14.2. The van der Waals surface area contributed by atoms with Crippen molar-refractivity contribution in [3.05, 3.63) is 29.8 Å². The quantitative estimate of drug-likeness (QED) is 0.929. The highest BCUT2D eigenvalue weighted by Crippen LogP contribution is 2.43. The number of hydrogen-bond acceptors (Lipinski definition) is 4. The summed E-state index contributed by atoms with van der Waals surface area (Å²) in [4.78, 5) is 3.48. The van der Waals surface area contributed by atoms with Crippen LogP contribution in [-0.2, 0) is 10.3 Å². The van der Waals surface area contributed by atoms with Crippen molar-refractivity contribution in [3.63, 3.8) is 0 Å². The zero-order valence-electron chi connectivity index (χ0n) is 11.8. The van der Waals surface area contributed by atoms with Gasteiger partial charge in [-0.3, -0.25) is 0 Å². The zero-order chi connectivity index (χ0) is 15.1. The van der Waals surface area contributed by atoms with E-state index in [1.807, 2.05) is 0 Å². The Hall–Kier alpha value is -1.85. The second-order valence-electron chi connectivity index (χ2n) is 5.78. The van der Waals surface area contributed by atoms with Gasteiger partial charge in [0.2, 0.25) is 0 Å². The predicted molar refractivity (Wildman–Crippen MR) is 74.5 cm³/mol. The van der Waals surface area contributed by atoms with Crippen molar-refractivity contribution in [1.82, 2.24) is 0 Å². The average molecular weight is 296 g/mol. The van der Waals surface area contributed by atoms with Crippen LogP contribution in [0.25, 0.3) is 0 Å². The lowest BCUT2D eigenvalue weighted by molar-refractivity contribution is -0.172. The van der Waals surface area contributed by atoms with Crippen LogP contribution in [0.1, 0.15) is 25.3 Å². The van der Waals surface area contributed by atoms with E-state index in [1.165, 1.54) is 19.8 Å². The minimum Gasteiger partial charge on any atom is -0.493 e. The lowest BCUT2D eigenvalue weighted by Crippen LogP contribution is -2.53. The van der Waals surface area contributed by atoms with Gasteiger partial charge >= 0.3 is 5.92 Å². The van der Waals surface area contributed by atoms with Gasteiger partial charge < -0.3 is 15.2 Å². The van der Waals surface area contributed by atoms with Crippen molar-refractivity contribution >= 4 is 6.02 Å². The summed E-state index contributed by atoms with van der Waals surface area (Å²) in [6, 6.07) is 6.41. The minimum atomic E-state index is -3.13. The van der Waals surface area contributed by atoms with Crippen LogP contribution in [0.2, 0.25) is 0 Å². The van der Waals surface area contributed by atoms with Crippen molar-refractivity contribution in [2.24, 2.45) is 16.6 Å². The monoisotopic (exact) mass is 296 g/mol. The second-order valence-corrected chi connectivity index (χ2v) is 5.78. The summed E-state index contributed by atoms with van der Waals surface area (Å²) in [5, 5.41) is 0. The fourth-order valence-corrected chi connectivity index (χ4v) is 2.30. The van der Waals surface area contributed by atoms with E-state index < -0.39 is 18.1 Å². The van der Waals surface area contributed by atoms with Gasteiger partial charge in [0.05, 0.1) is 6.61 Å². The predicted octanol–water partition coefficient (Wildman–Crippen LogP) is 2.67. The lowest BCUT2D eigenvalue weighted by Gasteiger charge is -2.39. The first-order chi connectivity index (χ1) is 9.91. The topological polar surface area (TPSA) is 56.8 Å². The number of rotatable bonds is 4. The smallest absolute Gasteiger partial charge is 0.310 e. The van der Waals surface area contributed by atoms with Gasteiger partial charge in [0, 0.05) is 5.56 Å². The number of alkyl halides is 2. The molecule has 0 unspecified atom stereocenters. The first-order valence-electron chi connectivity index (χ1n) is 7.01. The molecule has 0 bridgehead atoms. The largest absolute Gasteiger partial charge is 0.493 e. The molecule has 0 aromatic heterocycles. The highest BCUT2D eigenvalue weighted by Gasteiger charge is 2.56. The van der Waals surface area contributed by atoms with Crippen molar-refractivity contribution in [2.75, 3.05) is 13.2 Å². The van der Waals surface area contributed by atoms with Gasteiger partial charge in [-0.2, -0.15) is 8.78 Å². The van der Waals surface area contributed by atoms with E-state index in [4.69, 9.17) is 15.2 Å². The number of amidine groups is 1. The second kappa shape index (κ2) is 4.86. The molecule has 4 nitrogen and oxygen atoms in total. The minimum absolute atomic E-state index is 0.215. The highest BCUT2D eigenvalue weighted by atomic mass is 19.3. The van der Waals surface area contributed by atoms with Crippen LogP contribution in [0.3, 0.4) is 0 Å². The Morgan fingerprint density at radius 3 is 2.90 bits per heavy atom. The maximum Gasteiger partial charge on any atom is 0.310 e. The molecule has 1 heterocycles. The Balaban J connectivity index is 1.86. The molecule has 2 N–H and O–H groups in total. The zero-order valence-corrected chi connectivity index (χ0v) is 11.8. The molecule has 0 radical (unpaired) electrons. The third-order valence-electron chi connectivity index (χ3n) is 4.01. The molecule has 1 aliphatic heterocycles. The summed E-state index contributed by atoms with van der Waals surface area (Å²) < 4.78 is 39.3. The molecule has 2 aliphatic rings. The molecule has 0 amide bonds. The average Bonchev–Trinajstić information content (AvgIpc) is 3.26. The van der Waals surface area contributed by atoms with E-state index in [0.717, 1.165) is 0 Å². The fourth-order valence-electron chi connectivity index (χ4n) is 2.30. The number of halogens is 2. The van der Waals surface area contributed by atoms with Crippen LogP contribution < -0.4 is 10.5 Å². The Morgan fingerprint density at radius 2 is 2.19 bits per heavy atom. The van der Waals surface area contributed by atoms with Crippen molar-refractivity contribution < 1.29 is 18.3 Å². The van der Waals surface area contributed by atoms with E-state index in [0.29, 0.717) is 23.8 Å². The molecule has 1 fully saturated rings. The summed E-state index contributed by atoms with van der Waals surface area (Å²) >= 11 is 0. The Bertz CT molecular complexity index is 573. The molecule has 3 rings (SSSR count). The van der Waals surface area contributed by atoms with E-state index in [-0.39, 0.29) is 6.02 Å². The summed E-state index contributed by atoms with van der Waals surface area (Å²) in [5.41, 5.74) is 3.97. The molecule has 6 heteroatoms.